The van der Waals surface area contributed by atoms with E-state index in [-0.39, 0.29) is 11.5 Å². The predicted molar refractivity (Wildman–Crippen MR) is 180 cm³/mol. The number of phenols is 1. The summed E-state index contributed by atoms with van der Waals surface area (Å²) in [6, 6.07) is 43.5. The molecular weight excluding hydrogens is 524 g/mol. The van der Waals surface area contributed by atoms with Gasteiger partial charge in [0.1, 0.15) is 5.75 Å². The highest BCUT2D eigenvalue weighted by molar-refractivity contribution is 6.45. The number of hydrogen-bond donors (Lipinski definition) is 1. The van der Waals surface area contributed by atoms with Crippen LogP contribution in [-0.4, -0.2) is 10.9 Å². The summed E-state index contributed by atoms with van der Waals surface area (Å²) < 4.78 is 0. The molecule has 0 aliphatic heterocycles. The lowest BCUT2D eigenvalue weighted by molar-refractivity contribution is 0.104. The van der Waals surface area contributed by atoms with Crippen LogP contribution in [0.5, 0.6) is 5.75 Å². The molecule has 2 nitrogen and oxygen atoms in total. The quantitative estimate of drug-likeness (QED) is 0.136. The number of hydrogen-bond acceptors (Lipinski definition) is 2. The third-order valence-electron chi connectivity index (χ3n) is 9.55. The minimum atomic E-state index is -0.0475. The summed E-state index contributed by atoms with van der Waals surface area (Å²) in [4.78, 5) is 14.7. The van der Waals surface area contributed by atoms with Gasteiger partial charge in [0.2, 0.25) is 0 Å². The molecule has 0 aliphatic carbocycles. The van der Waals surface area contributed by atoms with Gasteiger partial charge in [0, 0.05) is 11.1 Å². The van der Waals surface area contributed by atoms with Gasteiger partial charge in [0.05, 0.1) is 0 Å². The van der Waals surface area contributed by atoms with E-state index in [0.29, 0.717) is 11.1 Å². The summed E-state index contributed by atoms with van der Waals surface area (Å²) in [5, 5.41) is 27.1. The molecule has 1 N–H and O–H groups in total. The first kappa shape index (κ1) is 22.9. The molecule has 0 radical (unpaired) electrons. The molecule has 2 heteroatoms. The number of aromatic hydroxyl groups is 1. The molecular formula is C41H22O2. The van der Waals surface area contributed by atoms with Crippen LogP contribution in [0.15, 0.2) is 127 Å². The third kappa shape index (κ3) is 2.94. The second-order valence-corrected chi connectivity index (χ2v) is 11.8. The zero-order chi connectivity index (χ0) is 28.4. The molecule has 0 spiro atoms. The maximum absolute atomic E-state index is 14.7. The Balaban J connectivity index is 1.31. The van der Waals surface area contributed by atoms with Gasteiger partial charge in [-0.3, -0.25) is 4.79 Å². The summed E-state index contributed by atoms with van der Waals surface area (Å²) in [6.45, 7) is 0. The number of phenolic OH excluding ortho intramolecular Hbond substituents is 1. The summed E-state index contributed by atoms with van der Waals surface area (Å²) in [5.74, 6) is 0.0895. The SMILES string of the molecule is O=C(c1ccc(O)cc1-c1ccc2ccccc2c1)c1cc2ccc3ccc4ccc5ccc6ccc1c1c6c5c4c3c21. The first-order chi connectivity index (χ1) is 21.1. The highest BCUT2D eigenvalue weighted by atomic mass is 16.3. The lowest BCUT2D eigenvalue weighted by atomic mass is 9.80. The van der Waals surface area contributed by atoms with Crippen LogP contribution in [-0.2, 0) is 0 Å². The largest absolute Gasteiger partial charge is 0.508 e. The standard InChI is InChI=1S/C41H22O2/c42-30-16-18-32(33(21-30)28-13-5-22-3-1-2-4-27(22)19-28)41(43)34-20-29-14-12-25-9-7-23-6-8-24-10-11-26-15-17-31(34)40-38(26)36(24)35(23)37(25)39(29)40/h1-21,42H. The van der Waals surface area contributed by atoms with Gasteiger partial charge < -0.3 is 5.11 Å². The Kier molecular flexibility index (Phi) is 4.24. The van der Waals surface area contributed by atoms with E-state index >= 15 is 0 Å². The zero-order valence-corrected chi connectivity index (χ0v) is 23.0. The normalized spacial score (nSPS) is 12.4. The monoisotopic (exact) mass is 546 g/mol. The van der Waals surface area contributed by atoms with Gasteiger partial charge in [-0.15, -0.1) is 0 Å². The van der Waals surface area contributed by atoms with Crippen molar-refractivity contribution in [3.8, 4) is 16.9 Å². The van der Waals surface area contributed by atoms with Gasteiger partial charge in [-0.2, -0.15) is 0 Å². The molecule has 0 fully saturated rings. The van der Waals surface area contributed by atoms with Crippen molar-refractivity contribution in [2.75, 3.05) is 0 Å². The highest BCUT2D eigenvalue weighted by Gasteiger charge is 2.25. The molecule has 10 aromatic carbocycles. The smallest absolute Gasteiger partial charge is 0.194 e. The van der Waals surface area contributed by atoms with E-state index in [0.717, 1.165) is 38.1 Å². The van der Waals surface area contributed by atoms with E-state index in [1.165, 1.54) is 48.5 Å². The number of fused-ring (bicyclic) bond motifs is 1. The Bertz CT molecular complexity index is 2690. The van der Waals surface area contributed by atoms with Crippen molar-refractivity contribution < 1.29 is 9.90 Å². The number of ketones is 1. The molecule has 0 aromatic heterocycles. The summed E-state index contributed by atoms with van der Waals surface area (Å²) in [7, 11) is 0. The van der Waals surface area contributed by atoms with Crippen LogP contribution in [0.2, 0.25) is 0 Å². The van der Waals surface area contributed by atoms with Crippen molar-refractivity contribution >= 4 is 81.2 Å². The van der Waals surface area contributed by atoms with Gasteiger partial charge >= 0.3 is 0 Å². The van der Waals surface area contributed by atoms with Crippen molar-refractivity contribution in [2.45, 2.75) is 0 Å². The minimum Gasteiger partial charge on any atom is -0.508 e. The zero-order valence-electron chi connectivity index (χ0n) is 23.0. The lowest BCUT2D eigenvalue weighted by Gasteiger charge is -2.22. The Labute approximate surface area is 246 Å². The molecule has 0 amide bonds. The van der Waals surface area contributed by atoms with Crippen LogP contribution in [0.3, 0.4) is 0 Å². The molecule has 0 heterocycles. The van der Waals surface area contributed by atoms with Gasteiger partial charge in [0.25, 0.3) is 0 Å². The molecule has 0 saturated carbocycles. The van der Waals surface area contributed by atoms with E-state index in [4.69, 9.17) is 0 Å². The summed E-state index contributed by atoms with van der Waals surface area (Å²) >= 11 is 0. The average Bonchev–Trinajstić information content (AvgIpc) is 3.06. The fraction of sp³-hybridized carbons (Fsp3) is 0. The van der Waals surface area contributed by atoms with E-state index in [9.17, 15) is 9.90 Å². The minimum absolute atomic E-state index is 0.0475. The number of carbonyl (C=O) groups excluding carboxylic acids is 1. The topological polar surface area (TPSA) is 37.3 Å². The van der Waals surface area contributed by atoms with Crippen LogP contribution in [0.4, 0.5) is 0 Å². The molecule has 0 aliphatic rings. The molecule has 10 rings (SSSR count). The van der Waals surface area contributed by atoms with Gasteiger partial charge in [-0.25, -0.2) is 0 Å². The Morgan fingerprint density at radius 2 is 0.953 bits per heavy atom. The van der Waals surface area contributed by atoms with Crippen molar-refractivity contribution in [1.82, 2.24) is 0 Å². The van der Waals surface area contributed by atoms with Gasteiger partial charge in [-0.05, 0) is 117 Å². The molecule has 198 valence electrons. The van der Waals surface area contributed by atoms with Crippen molar-refractivity contribution in [3.05, 3.63) is 139 Å². The second-order valence-electron chi connectivity index (χ2n) is 11.8. The molecule has 0 saturated heterocycles. The maximum atomic E-state index is 14.7. The molecule has 43 heavy (non-hydrogen) atoms. The van der Waals surface area contributed by atoms with E-state index in [1.807, 2.05) is 18.2 Å². The van der Waals surface area contributed by atoms with E-state index in [2.05, 4.69) is 91.0 Å². The lowest BCUT2D eigenvalue weighted by Crippen LogP contribution is -2.06. The van der Waals surface area contributed by atoms with Crippen LogP contribution in [0, 0.1) is 0 Å². The van der Waals surface area contributed by atoms with Crippen LogP contribution in [0.1, 0.15) is 15.9 Å². The number of benzene rings is 10. The number of rotatable bonds is 3. The second kappa shape index (κ2) is 7.96. The Hall–Kier alpha value is -5.73. The van der Waals surface area contributed by atoms with Crippen molar-refractivity contribution in [3.63, 3.8) is 0 Å². The molecule has 0 bridgehead atoms. The summed E-state index contributed by atoms with van der Waals surface area (Å²) in [6.07, 6.45) is 0. The first-order valence-corrected chi connectivity index (χ1v) is 14.6. The average molecular weight is 547 g/mol. The molecule has 0 atom stereocenters. The molecule has 10 aromatic rings. The molecule has 0 unspecified atom stereocenters. The fourth-order valence-corrected chi connectivity index (χ4v) is 7.65. The van der Waals surface area contributed by atoms with Crippen LogP contribution >= 0.6 is 0 Å². The predicted octanol–water partition coefficient (Wildman–Crippen LogP) is 10.7. The van der Waals surface area contributed by atoms with Gasteiger partial charge in [0.15, 0.2) is 5.78 Å². The Morgan fingerprint density at radius 3 is 1.63 bits per heavy atom. The van der Waals surface area contributed by atoms with Crippen molar-refractivity contribution in [1.29, 1.82) is 0 Å². The van der Waals surface area contributed by atoms with E-state index < -0.39 is 0 Å². The van der Waals surface area contributed by atoms with Crippen LogP contribution < -0.4 is 0 Å². The van der Waals surface area contributed by atoms with Crippen molar-refractivity contribution in [2.24, 2.45) is 0 Å². The third-order valence-corrected chi connectivity index (χ3v) is 9.55. The number of carbonyl (C=O) groups is 1. The van der Waals surface area contributed by atoms with Gasteiger partial charge in [-0.1, -0.05) is 97.1 Å². The summed E-state index contributed by atoms with van der Waals surface area (Å²) in [5.41, 5.74) is 2.89. The Morgan fingerprint density at radius 1 is 0.419 bits per heavy atom. The maximum Gasteiger partial charge on any atom is 0.194 e. The fourth-order valence-electron chi connectivity index (χ4n) is 7.65. The van der Waals surface area contributed by atoms with Crippen LogP contribution in [0.25, 0.3) is 86.5 Å². The van der Waals surface area contributed by atoms with E-state index in [1.54, 1.807) is 18.2 Å². The first-order valence-electron chi connectivity index (χ1n) is 14.6. The highest BCUT2D eigenvalue weighted by Crippen LogP contribution is 2.49.